The minimum Gasteiger partial charge on any atom is -0.480 e. The predicted octanol–water partition coefficient (Wildman–Crippen LogP) is 2.16. The van der Waals surface area contributed by atoms with Gasteiger partial charge in [-0.05, 0) is 31.0 Å². The third kappa shape index (κ3) is 2.02. The average Bonchev–Trinajstić information content (AvgIpc) is 2.73. The Balaban J connectivity index is 2.05. The Morgan fingerprint density at radius 1 is 1.26 bits per heavy atom. The Kier molecular flexibility index (Phi) is 2.82. The summed E-state index contributed by atoms with van der Waals surface area (Å²) in [5.74, 6) is -0.753. The highest BCUT2D eigenvalue weighted by Gasteiger charge is 2.21. The Morgan fingerprint density at radius 3 is 2.74 bits per heavy atom. The normalized spacial score (nSPS) is 15.7. The quantitative estimate of drug-likeness (QED) is 0.897. The molecule has 2 heterocycles. The molecular weight excluding hydrogens is 240 g/mol. The van der Waals surface area contributed by atoms with Gasteiger partial charge in [0.05, 0.1) is 12.1 Å². The van der Waals surface area contributed by atoms with Crippen LogP contribution in [0.2, 0.25) is 0 Å². The Bertz CT molecular complexity index is 658. The summed E-state index contributed by atoms with van der Waals surface area (Å²) in [5, 5.41) is 10.2. The summed E-state index contributed by atoms with van der Waals surface area (Å²) in [4.78, 5) is 12.8. The molecule has 0 atom stereocenters. The zero-order chi connectivity index (χ0) is 13.6. The highest BCUT2D eigenvalue weighted by atomic mass is 16.4. The van der Waals surface area contributed by atoms with Crippen LogP contribution >= 0.6 is 0 Å². The first-order chi connectivity index (χ1) is 9.06. The lowest BCUT2D eigenvalue weighted by atomic mass is 10.1. The molecule has 0 bridgehead atoms. The van der Waals surface area contributed by atoms with Crippen LogP contribution in [-0.4, -0.2) is 33.6 Å². The molecule has 0 aliphatic carbocycles. The van der Waals surface area contributed by atoms with Crippen LogP contribution in [-0.2, 0) is 17.9 Å². The molecule has 0 spiro atoms. The molecule has 4 heteroatoms. The van der Waals surface area contributed by atoms with Gasteiger partial charge in [-0.2, -0.15) is 0 Å². The van der Waals surface area contributed by atoms with Crippen molar-refractivity contribution in [1.29, 1.82) is 0 Å². The number of benzene rings is 1. The fourth-order valence-electron chi connectivity index (χ4n) is 3.01. The lowest BCUT2D eigenvalue weighted by molar-refractivity contribution is -0.138. The third-order valence-corrected chi connectivity index (χ3v) is 3.95. The topological polar surface area (TPSA) is 45.5 Å². The monoisotopic (exact) mass is 258 g/mol. The van der Waals surface area contributed by atoms with E-state index < -0.39 is 5.97 Å². The summed E-state index contributed by atoms with van der Waals surface area (Å²) >= 11 is 0. The lowest BCUT2D eigenvalue weighted by Crippen LogP contribution is -2.36. The molecule has 0 amide bonds. The van der Waals surface area contributed by atoms with Crippen LogP contribution in [0.25, 0.3) is 10.9 Å². The van der Waals surface area contributed by atoms with E-state index in [1.165, 1.54) is 27.7 Å². The van der Waals surface area contributed by atoms with Gasteiger partial charge < -0.3 is 9.67 Å². The SMILES string of the molecule is Cc1ccc(C)c2c1cc1n2CCN(CC(=O)O)C1. The summed E-state index contributed by atoms with van der Waals surface area (Å²) in [5.41, 5.74) is 5.11. The number of rotatable bonds is 2. The van der Waals surface area contributed by atoms with E-state index >= 15 is 0 Å². The van der Waals surface area contributed by atoms with E-state index in [0.717, 1.165) is 19.6 Å². The third-order valence-electron chi connectivity index (χ3n) is 3.95. The molecule has 1 aromatic carbocycles. The minimum absolute atomic E-state index is 0.124. The van der Waals surface area contributed by atoms with Crippen molar-refractivity contribution >= 4 is 16.9 Å². The molecular formula is C15H18N2O2. The van der Waals surface area contributed by atoms with Gasteiger partial charge in [-0.3, -0.25) is 9.69 Å². The first-order valence-electron chi connectivity index (χ1n) is 6.58. The molecule has 19 heavy (non-hydrogen) atoms. The van der Waals surface area contributed by atoms with Gasteiger partial charge in [-0.1, -0.05) is 12.1 Å². The fourth-order valence-corrected chi connectivity index (χ4v) is 3.01. The van der Waals surface area contributed by atoms with Crippen LogP contribution in [0.15, 0.2) is 18.2 Å². The highest BCUT2D eigenvalue weighted by Crippen LogP contribution is 2.28. The number of carbonyl (C=O) groups is 1. The summed E-state index contributed by atoms with van der Waals surface area (Å²) in [7, 11) is 0. The van der Waals surface area contributed by atoms with Crippen molar-refractivity contribution in [3.63, 3.8) is 0 Å². The van der Waals surface area contributed by atoms with Crippen LogP contribution in [0.1, 0.15) is 16.8 Å². The van der Waals surface area contributed by atoms with Crippen LogP contribution in [0.3, 0.4) is 0 Å². The Morgan fingerprint density at radius 2 is 2.00 bits per heavy atom. The van der Waals surface area contributed by atoms with Gasteiger partial charge in [-0.15, -0.1) is 0 Å². The van der Waals surface area contributed by atoms with E-state index in [-0.39, 0.29) is 6.54 Å². The van der Waals surface area contributed by atoms with Crippen molar-refractivity contribution in [1.82, 2.24) is 9.47 Å². The van der Waals surface area contributed by atoms with Gasteiger partial charge in [0, 0.05) is 30.7 Å². The number of aryl methyl sites for hydroxylation is 2. The van der Waals surface area contributed by atoms with Crippen LogP contribution in [0.4, 0.5) is 0 Å². The molecule has 2 aromatic rings. The summed E-state index contributed by atoms with van der Waals surface area (Å²) in [6.07, 6.45) is 0. The molecule has 0 fully saturated rings. The molecule has 100 valence electrons. The maximum absolute atomic E-state index is 10.8. The number of aliphatic carboxylic acids is 1. The molecule has 0 radical (unpaired) electrons. The van der Waals surface area contributed by atoms with Crippen LogP contribution in [0.5, 0.6) is 0 Å². The van der Waals surface area contributed by atoms with Gasteiger partial charge in [0.2, 0.25) is 0 Å². The van der Waals surface area contributed by atoms with Crippen molar-refractivity contribution in [3.05, 3.63) is 35.0 Å². The summed E-state index contributed by atoms with van der Waals surface area (Å²) in [6.45, 7) is 6.79. The lowest BCUT2D eigenvalue weighted by Gasteiger charge is -2.27. The zero-order valence-corrected chi connectivity index (χ0v) is 11.3. The van der Waals surface area contributed by atoms with E-state index in [9.17, 15) is 4.79 Å². The van der Waals surface area contributed by atoms with Crippen molar-refractivity contribution in [2.75, 3.05) is 13.1 Å². The van der Waals surface area contributed by atoms with E-state index in [2.05, 4.69) is 36.6 Å². The smallest absolute Gasteiger partial charge is 0.317 e. The largest absolute Gasteiger partial charge is 0.480 e. The molecule has 1 aromatic heterocycles. The van der Waals surface area contributed by atoms with Crippen molar-refractivity contribution in [3.8, 4) is 0 Å². The highest BCUT2D eigenvalue weighted by molar-refractivity contribution is 5.87. The number of aromatic nitrogens is 1. The van der Waals surface area contributed by atoms with Crippen molar-refractivity contribution in [2.45, 2.75) is 26.9 Å². The summed E-state index contributed by atoms with van der Waals surface area (Å²) in [6, 6.07) is 6.53. The maximum Gasteiger partial charge on any atom is 0.317 e. The van der Waals surface area contributed by atoms with Gasteiger partial charge in [-0.25, -0.2) is 0 Å². The van der Waals surface area contributed by atoms with E-state index in [1.807, 2.05) is 4.90 Å². The second kappa shape index (κ2) is 4.38. The average molecular weight is 258 g/mol. The second-order valence-electron chi connectivity index (χ2n) is 5.35. The van der Waals surface area contributed by atoms with Gasteiger partial charge in [0.15, 0.2) is 0 Å². The number of carboxylic acids is 1. The first-order valence-corrected chi connectivity index (χ1v) is 6.58. The molecule has 1 N–H and O–H groups in total. The van der Waals surface area contributed by atoms with Crippen molar-refractivity contribution < 1.29 is 9.90 Å². The summed E-state index contributed by atoms with van der Waals surface area (Å²) < 4.78 is 2.34. The molecule has 3 rings (SSSR count). The predicted molar refractivity (Wildman–Crippen MR) is 74.3 cm³/mol. The van der Waals surface area contributed by atoms with E-state index in [4.69, 9.17) is 5.11 Å². The fraction of sp³-hybridized carbons (Fsp3) is 0.400. The van der Waals surface area contributed by atoms with Crippen LogP contribution in [0, 0.1) is 13.8 Å². The zero-order valence-electron chi connectivity index (χ0n) is 11.3. The van der Waals surface area contributed by atoms with Gasteiger partial charge in [0.1, 0.15) is 0 Å². The molecule has 0 saturated heterocycles. The number of carboxylic acid groups (broad SMARTS) is 1. The number of hydrogen-bond acceptors (Lipinski definition) is 2. The molecule has 4 nitrogen and oxygen atoms in total. The van der Waals surface area contributed by atoms with Gasteiger partial charge in [0.25, 0.3) is 0 Å². The van der Waals surface area contributed by atoms with Gasteiger partial charge >= 0.3 is 5.97 Å². The van der Waals surface area contributed by atoms with Crippen molar-refractivity contribution in [2.24, 2.45) is 0 Å². The number of hydrogen-bond donors (Lipinski definition) is 1. The first kappa shape index (κ1) is 12.2. The Labute approximate surface area is 112 Å². The molecule has 1 aliphatic rings. The van der Waals surface area contributed by atoms with E-state index in [0.29, 0.717) is 0 Å². The van der Waals surface area contributed by atoms with Crippen LogP contribution < -0.4 is 0 Å². The number of fused-ring (bicyclic) bond motifs is 3. The Hall–Kier alpha value is -1.81. The minimum atomic E-state index is -0.753. The molecule has 1 aliphatic heterocycles. The maximum atomic E-state index is 10.8. The molecule has 0 saturated carbocycles. The number of nitrogens with zero attached hydrogens (tertiary/aromatic N) is 2. The molecule has 0 unspecified atom stereocenters. The van der Waals surface area contributed by atoms with E-state index in [1.54, 1.807) is 0 Å². The second-order valence-corrected chi connectivity index (χ2v) is 5.35. The standard InChI is InChI=1S/C15H18N2O2/c1-10-3-4-11(2)15-13(10)7-12-8-16(9-14(18)19)5-6-17(12)15/h3-4,7H,5-6,8-9H2,1-2H3,(H,18,19).